The number of ether oxygens (including phenoxy) is 2. The highest BCUT2D eigenvalue weighted by molar-refractivity contribution is 5.76. The standard InChI is InChI=1S/C17H25N3O3.2C2HF3O2/c1-19(2)16(21)10-23-13-17-11-20(7-14(17)9-22-12-17)8-15-5-3-4-6-18-15;2*3-2(4,5)1(6)7/h3-6,14H,7-13H2,1-2H3;2*(H,6,7)/t14-,17+;;/m1../s1. The fourth-order valence-electron chi connectivity index (χ4n) is 3.46. The second-order valence-electron chi connectivity index (χ2n) is 8.45. The molecule has 10 nitrogen and oxygen atoms in total. The number of carboxylic acids is 2. The first-order chi connectivity index (χ1) is 17.0. The van der Waals surface area contributed by atoms with E-state index < -0.39 is 24.3 Å². The third-order valence-electron chi connectivity index (χ3n) is 5.30. The molecule has 2 atom stereocenters. The highest BCUT2D eigenvalue weighted by atomic mass is 19.4. The number of halogens is 6. The first-order valence-electron chi connectivity index (χ1n) is 10.6. The fourth-order valence-corrected chi connectivity index (χ4v) is 3.46. The number of pyridine rings is 1. The third kappa shape index (κ3) is 10.9. The molecule has 2 N–H and O–H groups in total. The molecule has 2 saturated heterocycles. The van der Waals surface area contributed by atoms with Gasteiger partial charge in [-0.2, -0.15) is 26.3 Å². The molecule has 0 radical (unpaired) electrons. The molecule has 0 aliphatic carbocycles. The maximum atomic E-state index is 11.7. The number of carbonyl (C=O) groups excluding carboxylic acids is 1. The summed E-state index contributed by atoms with van der Waals surface area (Å²) in [6.45, 7) is 5.01. The van der Waals surface area contributed by atoms with Crippen LogP contribution >= 0.6 is 0 Å². The monoisotopic (exact) mass is 547 g/mol. The Labute approximate surface area is 207 Å². The Kier molecular flexibility index (Phi) is 11.7. The van der Waals surface area contributed by atoms with Crippen molar-refractivity contribution < 1.29 is 60.4 Å². The molecule has 37 heavy (non-hydrogen) atoms. The van der Waals surface area contributed by atoms with E-state index in [4.69, 9.17) is 29.3 Å². The van der Waals surface area contributed by atoms with E-state index in [1.54, 1.807) is 19.0 Å². The van der Waals surface area contributed by atoms with Crippen LogP contribution < -0.4 is 0 Å². The number of likely N-dealkylation sites (N-methyl/N-ethyl adjacent to an activating group) is 1. The minimum atomic E-state index is -5.08. The van der Waals surface area contributed by atoms with Gasteiger partial charge in [0.15, 0.2) is 0 Å². The van der Waals surface area contributed by atoms with E-state index in [1.807, 2.05) is 18.3 Å². The molecule has 0 bridgehead atoms. The van der Waals surface area contributed by atoms with Crippen molar-refractivity contribution in [2.75, 3.05) is 53.6 Å². The Bertz CT molecular complexity index is 875. The molecule has 0 aromatic carbocycles. The highest BCUT2D eigenvalue weighted by Crippen LogP contribution is 2.41. The van der Waals surface area contributed by atoms with E-state index >= 15 is 0 Å². The van der Waals surface area contributed by atoms with E-state index in [1.165, 1.54) is 0 Å². The van der Waals surface area contributed by atoms with Crippen LogP contribution in [0.2, 0.25) is 0 Å². The fraction of sp³-hybridized carbons (Fsp3) is 0.619. The number of carbonyl (C=O) groups is 3. The number of aliphatic carboxylic acids is 2. The molecular formula is C21H27F6N3O7. The van der Waals surface area contributed by atoms with Crippen LogP contribution in [0.25, 0.3) is 0 Å². The Morgan fingerprint density at radius 2 is 1.70 bits per heavy atom. The number of carboxylic acid groups (broad SMARTS) is 2. The van der Waals surface area contributed by atoms with Crippen LogP contribution in [-0.4, -0.2) is 109 Å². The molecule has 1 aromatic heterocycles. The van der Waals surface area contributed by atoms with E-state index in [2.05, 4.69) is 16.0 Å². The van der Waals surface area contributed by atoms with Crippen molar-refractivity contribution in [2.45, 2.75) is 18.9 Å². The zero-order valence-corrected chi connectivity index (χ0v) is 19.9. The van der Waals surface area contributed by atoms with E-state index in [0.717, 1.165) is 31.9 Å². The van der Waals surface area contributed by atoms with Gasteiger partial charge >= 0.3 is 24.3 Å². The molecule has 3 rings (SSSR count). The average molecular weight is 547 g/mol. The van der Waals surface area contributed by atoms with Crippen molar-refractivity contribution >= 4 is 17.8 Å². The highest BCUT2D eigenvalue weighted by Gasteiger charge is 2.50. The molecule has 0 unspecified atom stereocenters. The largest absolute Gasteiger partial charge is 0.490 e. The summed E-state index contributed by atoms with van der Waals surface area (Å²) in [4.78, 5) is 37.8. The van der Waals surface area contributed by atoms with Crippen molar-refractivity contribution in [1.82, 2.24) is 14.8 Å². The van der Waals surface area contributed by atoms with Crippen LogP contribution in [0.3, 0.4) is 0 Å². The number of rotatable bonds is 6. The molecule has 2 aliphatic heterocycles. The molecule has 16 heteroatoms. The van der Waals surface area contributed by atoms with E-state index in [9.17, 15) is 31.1 Å². The number of hydrogen-bond donors (Lipinski definition) is 2. The van der Waals surface area contributed by atoms with Gasteiger partial charge in [-0.15, -0.1) is 0 Å². The summed E-state index contributed by atoms with van der Waals surface area (Å²) < 4.78 is 74.9. The minimum absolute atomic E-state index is 0.000189. The molecule has 1 aromatic rings. The zero-order valence-electron chi connectivity index (χ0n) is 19.9. The first kappa shape index (κ1) is 32.0. The lowest BCUT2D eigenvalue weighted by molar-refractivity contribution is -0.193. The Morgan fingerprint density at radius 1 is 1.14 bits per heavy atom. The average Bonchev–Trinajstić information content (AvgIpc) is 3.30. The first-order valence-corrected chi connectivity index (χ1v) is 10.6. The lowest BCUT2D eigenvalue weighted by atomic mass is 9.82. The molecular weight excluding hydrogens is 520 g/mol. The van der Waals surface area contributed by atoms with Crippen molar-refractivity contribution in [3.63, 3.8) is 0 Å². The predicted molar refractivity (Wildman–Crippen MR) is 113 cm³/mol. The van der Waals surface area contributed by atoms with Gasteiger partial charge in [0, 0.05) is 51.3 Å². The number of aromatic nitrogens is 1. The second-order valence-corrected chi connectivity index (χ2v) is 8.45. The number of hydrogen-bond acceptors (Lipinski definition) is 7. The van der Waals surface area contributed by atoms with Crippen molar-refractivity contribution in [2.24, 2.45) is 11.3 Å². The number of likely N-dealkylation sites (tertiary alicyclic amines) is 1. The van der Waals surface area contributed by atoms with Gasteiger partial charge in [0.05, 0.1) is 25.5 Å². The molecule has 2 aliphatic rings. The summed E-state index contributed by atoms with van der Waals surface area (Å²) in [6, 6.07) is 6.02. The summed E-state index contributed by atoms with van der Waals surface area (Å²) in [6.07, 6.45) is -8.33. The van der Waals surface area contributed by atoms with Crippen molar-refractivity contribution in [3.05, 3.63) is 30.1 Å². The summed E-state index contributed by atoms with van der Waals surface area (Å²) in [5.74, 6) is -5.04. The summed E-state index contributed by atoms with van der Waals surface area (Å²) in [7, 11) is 3.49. The maximum Gasteiger partial charge on any atom is 0.490 e. The van der Waals surface area contributed by atoms with Crippen LogP contribution in [-0.2, 0) is 30.4 Å². The predicted octanol–water partition coefficient (Wildman–Crippen LogP) is 1.90. The van der Waals surface area contributed by atoms with Crippen LogP contribution in [0.1, 0.15) is 5.69 Å². The second kappa shape index (κ2) is 13.5. The number of amides is 1. The summed E-state index contributed by atoms with van der Waals surface area (Å²) >= 11 is 0. The van der Waals surface area contributed by atoms with Gasteiger partial charge in [0.25, 0.3) is 0 Å². The Hall–Kier alpha value is -2.98. The van der Waals surface area contributed by atoms with Gasteiger partial charge in [0.1, 0.15) is 6.61 Å². The quantitative estimate of drug-likeness (QED) is 0.513. The van der Waals surface area contributed by atoms with Crippen LogP contribution in [0, 0.1) is 11.3 Å². The molecule has 3 heterocycles. The lowest BCUT2D eigenvalue weighted by Gasteiger charge is -2.27. The molecule has 0 saturated carbocycles. The number of alkyl halides is 6. The zero-order chi connectivity index (χ0) is 28.4. The minimum Gasteiger partial charge on any atom is -0.475 e. The SMILES string of the molecule is CN(C)C(=O)COC[C@]12COC[C@H]1CN(Cc1ccccn1)C2.O=C(O)C(F)(F)F.O=C(O)C(F)(F)F. The lowest BCUT2D eigenvalue weighted by Crippen LogP contribution is -2.37. The van der Waals surface area contributed by atoms with Gasteiger partial charge in [-0.25, -0.2) is 9.59 Å². The molecule has 0 spiro atoms. The Morgan fingerprint density at radius 3 is 2.16 bits per heavy atom. The normalized spacial score (nSPS) is 21.1. The van der Waals surface area contributed by atoms with E-state index in [0.29, 0.717) is 19.1 Å². The van der Waals surface area contributed by atoms with Gasteiger partial charge < -0.3 is 24.6 Å². The van der Waals surface area contributed by atoms with Gasteiger partial charge in [-0.05, 0) is 12.1 Å². The summed E-state index contributed by atoms with van der Waals surface area (Å²) in [5, 5.41) is 14.2. The smallest absolute Gasteiger partial charge is 0.475 e. The maximum absolute atomic E-state index is 11.7. The van der Waals surface area contributed by atoms with Crippen LogP contribution in [0.15, 0.2) is 24.4 Å². The molecule has 1 amide bonds. The van der Waals surface area contributed by atoms with Crippen LogP contribution in [0.4, 0.5) is 26.3 Å². The molecule has 2 fully saturated rings. The van der Waals surface area contributed by atoms with Crippen LogP contribution in [0.5, 0.6) is 0 Å². The topological polar surface area (TPSA) is 130 Å². The van der Waals surface area contributed by atoms with Gasteiger partial charge in [0.2, 0.25) is 5.91 Å². The van der Waals surface area contributed by atoms with Crippen molar-refractivity contribution in [3.8, 4) is 0 Å². The number of nitrogens with zero attached hydrogens (tertiary/aromatic N) is 3. The number of fused-ring (bicyclic) bond motifs is 1. The Balaban J connectivity index is 0.000000404. The summed E-state index contributed by atoms with van der Waals surface area (Å²) in [5.41, 5.74) is 1.11. The third-order valence-corrected chi connectivity index (χ3v) is 5.30. The molecule has 210 valence electrons. The van der Waals surface area contributed by atoms with Crippen molar-refractivity contribution in [1.29, 1.82) is 0 Å². The van der Waals surface area contributed by atoms with E-state index in [-0.39, 0.29) is 17.9 Å². The van der Waals surface area contributed by atoms with Gasteiger partial charge in [-0.3, -0.25) is 14.7 Å². The van der Waals surface area contributed by atoms with Gasteiger partial charge in [-0.1, -0.05) is 6.07 Å².